The van der Waals surface area contributed by atoms with E-state index in [2.05, 4.69) is 4.99 Å². The molecule has 5 atom stereocenters. The molecule has 4 rings (SSSR count). The highest BCUT2D eigenvalue weighted by molar-refractivity contribution is 8.14. The topological polar surface area (TPSA) is 147 Å². The number of thioether (sulfide) groups is 1. The van der Waals surface area contributed by atoms with E-state index in [4.69, 9.17) is 23.7 Å². The predicted molar refractivity (Wildman–Crippen MR) is 155 cm³/mol. The molecule has 0 unspecified atom stereocenters. The smallest absolute Gasteiger partial charge is 0.303 e. The Morgan fingerprint density at radius 1 is 0.814 bits per heavy atom. The molecular formula is C30H30N2O10S. The Morgan fingerprint density at radius 2 is 1.37 bits per heavy atom. The summed E-state index contributed by atoms with van der Waals surface area (Å²) in [6, 6.07) is 17.9. The molecule has 2 heterocycles. The van der Waals surface area contributed by atoms with E-state index in [0.717, 1.165) is 38.1 Å². The van der Waals surface area contributed by atoms with Crippen molar-refractivity contribution in [3.8, 4) is 0 Å². The normalized spacial score (nSPS) is 24.2. The van der Waals surface area contributed by atoms with Gasteiger partial charge in [0.15, 0.2) is 28.9 Å². The van der Waals surface area contributed by atoms with E-state index in [1.54, 1.807) is 36.4 Å². The Morgan fingerprint density at radius 3 is 1.95 bits per heavy atom. The molecule has 0 bridgehead atoms. The fourth-order valence-electron chi connectivity index (χ4n) is 4.47. The maximum absolute atomic E-state index is 13.7. The number of amidine groups is 1. The molecule has 1 amide bonds. The summed E-state index contributed by atoms with van der Waals surface area (Å²) in [6.45, 7) is 4.27. The van der Waals surface area contributed by atoms with Crippen molar-refractivity contribution in [2.75, 3.05) is 11.5 Å². The Bertz CT molecular complexity index is 1430. The minimum absolute atomic E-state index is 0.142. The number of anilines is 1. The fourth-order valence-corrected chi connectivity index (χ4v) is 5.67. The zero-order valence-electron chi connectivity index (χ0n) is 23.8. The molecule has 2 aromatic carbocycles. The first-order chi connectivity index (χ1) is 20.5. The summed E-state index contributed by atoms with van der Waals surface area (Å²) in [5, 5.41) is 0.180. The number of carbonyl (C=O) groups excluding carboxylic acids is 5. The average molecular weight is 611 g/mol. The van der Waals surface area contributed by atoms with Crippen LogP contribution >= 0.6 is 11.8 Å². The van der Waals surface area contributed by atoms with Gasteiger partial charge in [0, 0.05) is 27.7 Å². The van der Waals surface area contributed by atoms with E-state index in [0.29, 0.717) is 5.69 Å². The van der Waals surface area contributed by atoms with Gasteiger partial charge in [-0.1, -0.05) is 60.3 Å². The fraction of sp³-hybridized carbons (Fsp3) is 0.333. The number of amides is 1. The van der Waals surface area contributed by atoms with E-state index in [1.165, 1.54) is 11.8 Å². The molecule has 0 radical (unpaired) electrons. The zero-order valence-corrected chi connectivity index (χ0v) is 24.6. The van der Waals surface area contributed by atoms with Crippen LogP contribution in [0.15, 0.2) is 71.4 Å². The zero-order chi connectivity index (χ0) is 31.1. The highest BCUT2D eigenvalue weighted by Gasteiger charge is 2.53. The van der Waals surface area contributed by atoms with Gasteiger partial charge in [0.2, 0.25) is 0 Å². The van der Waals surface area contributed by atoms with Gasteiger partial charge in [0.1, 0.15) is 18.4 Å². The summed E-state index contributed by atoms with van der Waals surface area (Å²) in [6.07, 6.45) is -3.46. The van der Waals surface area contributed by atoms with Gasteiger partial charge in [0.05, 0.1) is 5.69 Å². The number of hydrogen-bond acceptors (Lipinski definition) is 12. The van der Waals surface area contributed by atoms with E-state index in [1.807, 2.05) is 30.3 Å². The van der Waals surface area contributed by atoms with Gasteiger partial charge in [-0.2, -0.15) is 0 Å². The van der Waals surface area contributed by atoms with Crippen molar-refractivity contribution >= 4 is 58.5 Å². The minimum Gasteiger partial charge on any atom is -0.463 e. The van der Waals surface area contributed by atoms with Crippen LogP contribution in [0, 0.1) is 0 Å². The third-order valence-electron chi connectivity index (χ3n) is 6.12. The molecule has 2 aliphatic rings. The Kier molecular flexibility index (Phi) is 10.3. The number of carbonyl (C=O) groups is 5. The molecule has 43 heavy (non-hydrogen) atoms. The van der Waals surface area contributed by atoms with Crippen LogP contribution < -0.4 is 4.90 Å². The first-order valence-electron chi connectivity index (χ1n) is 13.3. The van der Waals surface area contributed by atoms with E-state index in [9.17, 15) is 24.0 Å². The van der Waals surface area contributed by atoms with Crippen molar-refractivity contribution in [1.82, 2.24) is 0 Å². The van der Waals surface area contributed by atoms with Crippen LogP contribution in [0.3, 0.4) is 0 Å². The van der Waals surface area contributed by atoms with Gasteiger partial charge < -0.3 is 23.7 Å². The second-order valence-corrected chi connectivity index (χ2v) is 10.6. The van der Waals surface area contributed by atoms with Crippen molar-refractivity contribution < 1.29 is 47.7 Å². The molecular weight excluding hydrogens is 580 g/mol. The van der Waals surface area contributed by atoms with Crippen LogP contribution in [-0.4, -0.2) is 71.4 Å². The number of ether oxygens (including phenoxy) is 5. The lowest BCUT2D eigenvalue weighted by Crippen LogP contribution is -2.61. The van der Waals surface area contributed by atoms with E-state index in [-0.39, 0.29) is 17.5 Å². The maximum atomic E-state index is 13.7. The summed E-state index contributed by atoms with van der Waals surface area (Å²) in [5.74, 6) is -3.25. The number of rotatable bonds is 8. The molecule has 0 spiro atoms. The Labute approximate surface area is 252 Å². The summed E-state index contributed by atoms with van der Waals surface area (Å²) in [7, 11) is 0. The summed E-state index contributed by atoms with van der Waals surface area (Å²) < 4.78 is 27.9. The van der Waals surface area contributed by atoms with Crippen LogP contribution in [0.5, 0.6) is 0 Å². The summed E-state index contributed by atoms with van der Waals surface area (Å²) in [5.41, 5.74) is 0.250. The Hall–Kier alpha value is -4.49. The minimum atomic E-state index is -1.35. The van der Waals surface area contributed by atoms with Gasteiger partial charge in [-0.25, -0.2) is 4.99 Å². The maximum Gasteiger partial charge on any atom is 0.303 e. The van der Waals surface area contributed by atoms with Crippen LogP contribution in [0.25, 0.3) is 6.08 Å². The molecule has 12 nitrogen and oxygen atoms in total. The summed E-state index contributed by atoms with van der Waals surface area (Å²) >= 11 is 0.932. The van der Waals surface area contributed by atoms with Crippen LogP contribution in [0.1, 0.15) is 33.3 Å². The van der Waals surface area contributed by atoms with Gasteiger partial charge in [-0.05, 0) is 23.8 Å². The number of para-hydroxylation sites is 1. The molecule has 226 valence electrons. The molecule has 13 heteroatoms. The van der Waals surface area contributed by atoms with Crippen LogP contribution in [0.4, 0.5) is 5.69 Å². The number of aliphatic imine (C=N–C) groups is 1. The van der Waals surface area contributed by atoms with Crippen molar-refractivity contribution in [1.29, 1.82) is 0 Å². The lowest BCUT2D eigenvalue weighted by molar-refractivity contribution is -0.237. The summed E-state index contributed by atoms with van der Waals surface area (Å²) in [4.78, 5) is 67.7. The third-order valence-corrected chi connectivity index (χ3v) is 7.21. The van der Waals surface area contributed by atoms with E-state index >= 15 is 0 Å². The number of nitrogens with zero attached hydrogens (tertiary/aromatic N) is 2. The lowest BCUT2D eigenvalue weighted by Gasteiger charge is -2.44. The van der Waals surface area contributed by atoms with Crippen LogP contribution in [0.2, 0.25) is 0 Å². The molecule has 1 saturated heterocycles. The molecule has 0 saturated carbocycles. The molecule has 0 aliphatic carbocycles. The highest BCUT2D eigenvalue weighted by atomic mass is 32.2. The van der Waals surface area contributed by atoms with Crippen molar-refractivity contribution in [2.24, 2.45) is 4.99 Å². The molecule has 1 fully saturated rings. The molecule has 0 N–H and O–H groups in total. The number of esters is 4. The third kappa shape index (κ3) is 8.08. The lowest BCUT2D eigenvalue weighted by atomic mass is 9.99. The standard InChI is InChI=1S/C30H30N2O10S/c1-17(33)38-16-24-25(39-18(2)34)26(40-19(3)35)27(41-20(4)36)29(42-24)43-30-31-23(15-21-11-7-5-8-12-21)28(37)32(30)22-13-9-6-10-14-22/h5-15,24-27,29H,16H2,1-4H3/b23-15-/t24-,25-,26+,27+,29+/m1/s1. The molecule has 0 aromatic heterocycles. The highest BCUT2D eigenvalue weighted by Crippen LogP contribution is 2.38. The van der Waals surface area contributed by atoms with E-state index < -0.39 is 59.6 Å². The quantitative estimate of drug-likeness (QED) is 0.246. The van der Waals surface area contributed by atoms with Gasteiger partial charge in [0.25, 0.3) is 5.91 Å². The largest absolute Gasteiger partial charge is 0.463 e. The number of benzene rings is 2. The Balaban J connectivity index is 1.78. The van der Waals surface area contributed by atoms with Gasteiger partial charge >= 0.3 is 23.9 Å². The first-order valence-corrected chi connectivity index (χ1v) is 14.1. The second kappa shape index (κ2) is 14.1. The SMILES string of the molecule is CC(=O)OC[C@H]1O[C@@H](SC2=N/C(=C\c3ccccc3)C(=O)N2c2ccccc2)[C@@H](OC(C)=O)[C@@H](OC(C)=O)[C@@H]1OC(C)=O. The first kappa shape index (κ1) is 31.4. The van der Waals surface area contributed by atoms with Crippen molar-refractivity contribution in [2.45, 2.75) is 57.5 Å². The van der Waals surface area contributed by atoms with Crippen molar-refractivity contribution in [3.63, 3.8) is 0 Å². The van der Waals surface area contributed by atoms with Crippen LogP contribution in [-0.2, 0) is 47.7 Å². The van der Waals surface area contributed by atoms with Gasteiger partial charge in [-0.15, -0.1) is 0 Å². The van der Waals surface area contributed by atoms with Gasteiger partial charge in [-0.3, -0.25) is 28.9 Å². The second-order valence-electron chi connectivity index (χ2n) is 9.50. The number of hydrogen-bond donors (Lipinski definition) is 0. The predicted octanol–water partition coefficient (Wildman–Crippen LogP) is 3.25. The molecule has 2 aliphatic heterocycles. The average Bonchev–Trinajstić information content (AvgIpc) is 3.25. The van der Waals surface area contributed by atoms with Crippen molar-refractivity contribution in [3.05, 3.63) is 71.9 Å². The molecule has 2 aromatic rings. The monoisotopic (exact) mass is 610 g/mol.